The molecular weight excluding hydrogens is 310 g/mol. The molecule has 10 nitrogen and oxygen atoms in total. The maximum absolute atomic E-state index is 12.0. The van der Waals surface area contributed by atoms with Crippen LogP contribution in [-0.2, 0) is 10.0 Å². The van der Waals surface area contributed by atoms with Crippen LogP contribution in [0.2, 0.25) is 0 Å². The van der Waals surface area contributed by atoms with Crippen molar-refractivity contribution in [1.29, 1.82) is 0 Å². The molecule has 2 rings (SSSR count). The third-order valence-electron chi connectivity index (χ3n) is 2.15. The maximum Gasteiger partial charge on any atom is 0.306 e. The smallest absolute Gasteiger partial charge is 0.306 e. The fraction of sp³-hybridized carbons (Fsp3) is 0.125. The minimum atomic E-state index is -4.00. The Morgan fingerprint density at radius 1 is 1.50 bits per heavy atom. The van der Waals surface area contributed by atoms with Crippen LogP contribution in [0, 0.1) is 17.0 Å². The molecule has 0 bridgehead atoms. The van der Waals surface area contributed by atoms with E-state index in [1.165, 1.54) is 6.07 Å². The lowest BCUT2D eigenvalue weighted by Gasteiger charge is -2.00. The van der Waals surface area contributed by atoms with E-state index in [1.807, 2.05) is 0 Å². The molecule has 0 spiro atoms. The van der Waals surface area contributed by atoms with Gasteiger partial charge in [0.15, 0.2) is 10.8 Å². The van der Waals surface area contributed by atoms with Crippen LogP contribution in [0.4, 0.5) is 16.5 Å². The number of nitrogens with one attached hydrogen (secondary N) is 2. The molecule has 0 atom stereocenters. The van der Waals surface area contributed by atoms with E-state index in [2.05, 4.69) is 15.3 Å². The van der Waals surface area contributed by atoms with Crippen molar-refractivity contribution in [2.75, 3.05) is 10.1 Å². The number of nitrogens with zero attached hydrogens (tertiary/aromatic N) is 2. The lowest BCUT2D eigenvalue weighted by molar-refractivity contribution is -0.383. The second-order valence-electron chi connectivity index (χ2n) is 3.61. The van der Waals surface area contributed by atoms with Gasteiger partial charge < -0.3 is 9.95 Å². The molecular formula is C8H9N5O5S2. The Bertz CT molecular complexity index is 749. The summed E-state index contributed by atoms with van der Waals surface area (Å²) in [5.41, 5.74) is 1.67. The van der Waals surface area contributed by atoms with Gasteiger partial charge in [0.1, 0.15) is 9.97 Å². The highest BCUT2D eigenvalue weighted by Crippen LogP contribution is 2.36. The zero-order chi connectivity index (χ0) is 14.9. The minimum Gasteiger partial charge on any atom is -0.360 e. The van der Waals surface area contributed by atoms with Gasteiger partial charge in [0.25, 0.3) is 10.0 Å². The first-order valence-electron chi connectivity index (χ1n) is 5.04. The van der Waals surface area contributed by atoms with Crippen molar-refractivity contribution in [2.24, 2.45) is 5.84 Å². The molecule has 4 N–H and O–H groups in total. The van der Waals surface area contributed by atoms with Crippen LogP contribution in [0.3, 0.4) is 0 Å². The third kappa shape index (κ3) is 2.71. The maximum atomic E-state index is 12.0. The molecule has 108 valence electrons. The molecule has 0 unspecified atom stereocenters. The summed E-state index contributed by atoms with van der Waals surface area (Å²) < 4.78 is 30.7. The summed E-state index contributed by atoms with van der Waals surface area (Å²) in [6.45, 7) is 1.59. The largest absolute Gasteiger partial charge is 0.360 e. The van der Waals surface area contributed by atoms with Gasteiger partial charge in [-0.15, -0.1) is 0 Å². The van der Waals surface area contributed by atoms with Gasteiger partial charge in [0.2, 0.25) is 0 Å². The second-order valence-corrected chi connectivity index (χ2v) is 6.57. The lowest BCUT2D eigenvalue weighted by Crippen LogP contribution is -2.11. The first-order chi connectivity index (χ1) is 9.33. The van der Waals surface area contributed by atoms with E-state index in [9.17, 15) is 18.5 Å². The number of rotatable bonds is 5. The van der Waals surface area contributed by atoms with E-state index in [0.717, 1.165) is 6.07 Å². The van der Waals surface area contributed by atoms with Crippen molar-refractivity contribution in [2.45, 2.75) is 11.1 Å². The SMILES string of the molecule is Cc1cc(NS(=O)(=O)c2cc([N+](=O)[O-])c(NN)s2)no1. The predicted octanol–water partition coefficient (Wildman–Crippen LogP) is 1.04. The summed E-state index contributed by atoms with van der Waals surface area (Å²) in [4.78, 5) is 10.0. The molecule has 0 aliphatic carbocycles. The first-order valence-corrected chi connectivity index (χ1v) is 7.34. The van der Waals surface area contributed by atoms with E-state index in [0.29, 0.717) is 17.1 Å². The minimum absolute atomic E-state index is 0.0131. The molecule has 0 saturated carbocycles. The number of hydrazine groups is 1. The van der Waals surface area contributed by atoms with Crippen LogP contribution in [0.1, 0.15) is 5.76 Å². The van der Waals surface area contributed by atoms with Crippen molar-refractivity contribution >= 4 is 37.9 Å². The molecule has 2 aromatic heterocycles. The van der Waals surface area contributed by atoms with Crippen LogP contribution in [0.5, 0.6) is 0 Å². The van der Waals surface area contributed by atoms with Gasteiger partial charge in [-0.2, -0.15) is 0 Å². The summed E-state index contributed by atoms with van der Waals surface area (Å²) in [6, 6.07) is 2.29. The number of nitro groups is 1. The molecule has 0 fully saturated rings. The van der Waals surface area contributed by atoms with E-state index in [4.69, 9.17) is 10.4 Å². The molecule has 0 aliphatic rings. The van der Waals surface area contributed by atoms with E-state index in [-0.39, 0.29) is 15.0 Å². The monoisotopic (exact) mass is 319 g/mol. The van der Waals surface area contributed by atoms with Crippen molar-refractivity contribution in [3.8, 4) is 0 Å². The molecule has 0 aliphatic heterocycles. The number of aryl methyl sites for hydroxylation is 1. The van der Waals surface area contributed by atoms with Crippen LogP contribution in [-0.4, -0.2) is 18.5 Å². The molecule has 0 radical (unpaired) electrons. The Morgan fingerprint density at radius 3 is 2.65 bits per heavy atom. The number of anilines is 2. The second kappa shape index (κ2) is 5.07. The quantitative estimate of drug-likeness (QED) is 0.419. The summed E-state index contributed by atoms with van der Waals surface area (Å²) in [5, 5.41) is 14.2. The number of aromatic nitrogens is 1. The molecule has 2 heterocycles. The number of hydrogen-bond acceptors (Lipinski definition) is 9. The molecule has 12 heteroatoms. The Morgan fingerprint density at radius 2 is 2.20 bits per heavy atom. The van der Waals surface area contributed by atoms with E-state index >= 15 is 0 Å². The molecule has 2 aromatic rings. The van der Waals surface area contributed by atoms with Crippen LogP contribution in [0.25, 0.3) is 0 Å². The topological polar surface area (TPSA) is 153 Å². The highest BCUT2D eigenvalue weighted by Gasteiger charge is 2.26. The average molecular weight is 319 g/mol. The molecule has 0 saturated heterocycles. The summed E-state index contributed by atoms with van der Waals surface area (Å²) >= 11 is 0.634. The molecule has 20 heavy (non-hydrogen) atoms. The zero-order valence-electron chi connectivity index (χ0n) is 9.98. The van der Waals surface area contributed by atoms with Crippen LogP contribution >= 0.6 is 11.3 Å². The van der Waals surface area contributed by atoms with Gasteiger partial charge in [-0.05, 0) is 6.92 Å². The third-order valence-corrected chi connectivity index (χ3v) is 5.03. The predicted molar refractivity (Wildman–Crippen MR) is 70.8 cm³/mol. The highest BCUT2D eigenvalue weighted by molar-refractivity contribution is 7.94. The first kappa shape index (κ1) is 14.2. The number of nitrogen functional groups attached to an aromatic ring is 1. The zero-order valence-corrected chi connectivity index (χ0v) is 11.6. The van der Waals surface area contributed by atoms with E-state index < -0.39 is 20.6 Å². The summed E-state index contributed by atoms with van der Waals surface area (Å²) in [6.07, 6.45) is 0. The van der Waals surface area contributed by atoms with Gasteiger partial charge in [0, 0.05) is 12.1 Å². The Kier molecular flexibility index (Phi) is 3.61. The summed E-state index contributed by atoms with van der Waals surface area (Å²) in [7, 11) is -4.00. The van der Waals surface area contributed by atoms with Gasteiger partial charge >= 0.3 is 5.69 Å². The Hall–Kier alpha value is -2.18. The average Bonchev–Trinajstić information content (AvgIpc) is 2.95. The number of nitrogens with two attached hydrogens (primary N) is 1. The Balaban J connectivity index is 2.37. The van der Waals surface area contributed by atoms with Gasteiger partial charge in [-0.3, -0.25) is 14.8 Å². The standard InChI is InChI=1S/C8H9N5O5S2/c1-4-2-6(11-18-4)12-20(16,17)7-3-5(13(14)15)8(10-9)19-7/h2-3,10H,9H2,1H3,(H,11,12). The van der Waals surface area contributed by atoms with Crippen molar-refractivity contribution in [3.05, 3.63) is 28.0 Å². The fourth-order valence-electron chi connectivity index (χ4n) is 1.33. The Labute approximate surface area is 116 Å². The fourth-order valence-corrected chi connectivity index (χ4v) is 3.55. The van der Waals surface area contributed by atoms with Crippen LogP contribution in [0.15, 0.2) is 20.9 Å². The van der Waals surface area contributed by atoms with Crippen molar-refractivity contribution < 1.29 is 17.9 Å². The number of thiophene rings is 1. The number of sulfonamides is 1. The van der Waals surface area contributed by atoms with Gasteiger partial charge in [-0.25, -0.2) is 14.3 Å². The highest BCUT2D eigenvalue weighted by atomic mass is 32.2. The van der Waals surface area contributed by atoms with Crippen molar-refractivity contribution in [3.63, 3.8) is 0 Å². The van der Waals surface area contributed by atoms with E-state index in [1.54, 1.807) is 6.92 Å². The van der Waals surface area contributed by atoms with Gasteiger partial charge in [0.05, 0.1) is 4.92 Å². The molecule has 0 aromatic carbocycles. The lowest BCUT2D eigenvalue weighted by atomic mass is 10.5. The van der Waals surface area contributed by atoms with Gasteiger partial charge in [-0.1, -0.05) is 16.5 Å². The van der Waals surface area contributed by atoms with Crippen LogP contribution < -0.4 is 16.0 Å². The summed E-state index contributed by atoms with van der Waals surface area (Å²) in [5.74, 6) is 5.52. The number of hydrogen-bond donors (Lipinski definition) is 3. The van der Waals surface area contributed by atoms with Crippen molar-refractivity contribution in [1.82, 2.24) is 5.16 Å². The normalized spacial score (nSPS) is 11.3. The molecule has 0 amide bonds.